The van der Waals surface area contributed by atoms with Gasteiger partial charge in [-0.2, -0.15) is 0 Å². The molecule has 0 bridgehead atoms. The molecule has 0 radical (unpaired) electrons. The van der Waals surface area contributed by atoms with Gasteiger partial charge in [-0.1, -0.05) is 45.3 Å². The molecule has 0 fully saturated rings. The number of hydrogen-bond acceptors (Lipinski definition) is 0. The van der Waals surface area contributed by atoms with Crippen LogP contribution in [0.5, 0.6) is 0 Å². The Balaban J connectivity index is 0. The Morgan fingerprint density at radius 1 is 0.833 bits per heavy atom. The molecular formula is C12H24. The van der Waals surface area contributed by atoms with Crippen LogP contribution in [0.15, 0.2) is 25.3 Å². The second-order valence-electron chi connectivity index (χ2n) is 2.86. The van der Waals surface area contributed by atoms with Crippen molar-refractivity contribution in [1.29, 1.82) is 0 Å². The van der Waals surface area contributed by atoms with Gasteiger partial charge in [0.05, 0.1) is 0 Å². The van der Waals surface area contributed by atoms with E-state index in [0.29, 0.717) is 0 Å². The van der Waals surface area contributed by atoms with Crippen molar-refractivity contribution in [3.8, 4) is 0 Å². The molecule has 0 heterocycles. The van der Waals surface area contributed by atoms with E-state index < -0.39 is 0 Å². The van der Waals surface area contributed by atoms with Crippen molar-refractivity contribution in [2.45, 2.75) is 52.4 Å². The number of hydrogen-bond donors (Lipinski definition) is 0. The molecule has 0 aliphatic carbocycles. The normalized spacial score (nSPS) is 8.17. The molecule has 0 aliphatic rings. The van der Waals surface area contributed by atoms with E-state index in [0.717, 1.165) is 6.42 Å². The van der Waals surface area contributed by atoms with Crippen LogP contribution < -0.4 is 0 Å². The highest BCUT2D eigenvalue weighted by molar-refractivity contribution is 4.64. The predicted octanol–water partition coefficient (Wildman–Crippen LogP) is 4.73. The van der Waals surface area contributed by atoms with Gasteiger partial charge in [0.2, 0.25) is 0 Å². The Hall–Kier alpha value is -0.520. The molecular weight excluding hydrogens is 144 g/mol. The SMILES string of the molecule is C=CCCC.C=CCCCCC. The molecule has 0 aromatic heterocycles. The fourth-order valence-corrected chi connectivity index (χ4v) is 0.743. The van der Waals surface area contributed by atoms with Gasteiger partial charge in [0.15, 0.2) is 0 Å². The molecule has 0 nitrogen and oxygen atoms in total. The van der Waals surface area contributed by atoms with E-state index in [1.54, 1.807) is 0 Å². The Labute approximate surface area is 78.4 Å². The first-order valence-corrected chi connectivity index (χ1v) is 5.05. The minimum Gasteiger partial charge on any atom is -0.103 e. The number of allylic oxidation sites excluding steroid dienone is 2. The molecule has 0 amide bonds. The molecule has 0 rings (SSSR count). The molecule has 0 aromatic carbocycles. The molecule has 0 saturated heterocycles. The molecule has 0 spiro atoms. The van der Waals surface area contributed by atoms with E-state index in [2.05, 4.69) is 27.0 Å². The Morgan fingerprint density at radius 2 is 1.42 bits per heavy atom. The lowest BCUT2D eigenvalue weighted by molar-refractivity contribution is 0.730. The second-order valence-corrected chi connectivity index (χ2v) is 2.86. The summed E-state index contributed by atoms with van der Waals surface area (Å²) >= 11 is 0. The first-order valence-electron chi connectivity index (χ1n) is 5.05. The van der Waals surface area contributed by atoms with Crippen molar-refractivity contribution >= 4 is 0 Å². The lowest BCUT2D eigenvalue weighted by Crippen LogP contribution is -1.67. The van der Waals surface area contributed by atoms with Crippen LogP contribution >= 0.6 is 0 Å². The largest absolute Gasteiger partial charge is 0.103 e. The monoisotopic (exact) mass is 168 g/mol. The van der Waals surface area contributed by atoms with Crippen LogP contribution in [0.25, 0.3) is 0 Å². The standard InChI is InChI=1S/C7H14.C5H10/c1-3-5-7-6-4-2;1-3-5-4-2/h3H,1,4-7H2,2H3;3H,1,4-5H2,2H3. The molecule has 12 heavy (non-hydrogen) atoms. The lowest BCUT2D eigenvalue weighted by Gasteiger charge is -1.87. The molecule has 0 atom stereocenters. The summed E-state index contributed by atoms with van der Waals surface area (Å²) in [6, 6.07) is 0. The predicted molar refractivity (Wildman–Crippen MR) is 59.4 cm³/mol. The average molecular weight is 168 g/mol. The molecule has 0 heteroatoms. The molecule has 0 saturated carbocycles. The highest BCUT2D eigenvalue weighted by Gasteiger charge is 1.77. The van der Waals surface area contributed by atoms with Crippen molar-refractivity contribution in [1.82, 2.24) is 0 Å². The number of rotatable bonds is 6. The summed E-state index contributed by atoms with van der Waals surface area (Å²) in [7, 11) is 0. The van der Waals surface area contributed by atoms with Crippen molar-refractivity contribution in [2.75, 3.05) is 0 Å². The van der Waals surface area contributed by atoms with Gasteiger partial charge < -0.3 is 0 Å². The van der Waals surface area contributed by atoms with E-state index in [-0.39, 0.29) is 0 Å². The smallest absolute Gasteiger partial charge is 0.0353 e. The molecule has 0 N–H and O–H groups in total. The third-order valence-corrected chi connectivity index (χ3v) is 1.50. The van der Waals surface area contributed by atoms with Crippen LogP contribution in [0.4, 0.5) is 0 Å². The fraction of sp³-hybridized carbons (Fsp3) is 0.667. The van der Waals surface area contributed by atoms with Crippen LogP contribution in [0.1, 0.15) is 52.4 Å². The Bertz CT molecular complexity index is 82.0. The minimum absolute atomic E-state index is 1.15. The van der Waals surface area contributed by atoms with Gasteiger partial charge in [-0.15, -0.1) is 13.2 Å². The zero-order valence-electron chi connectivity index (χ0n) is 8.81. The van der Waals surface area contributed by atoms with E-state index in [1.807, 2.05) is 12.2 Å². The molecule has 0 aliphatic heterocycles. The van der Waals surface area contributed by atoms with Crippen LogP contribution in [0.2, 0.25) is 0 Å². The molecule has 0 aromatic rings. The maximum absolute atomic E-state index is 3.63. The van der Waals surface area contributed by atoms with Gasteiger partial charge in [-0.25, -0.2) is 0 Å². The van der Waals surface area contributed by atoms with E-state index in [9.17, 15) is 0 Å². The van der Waals surface area contributed by atoms with Gasteiger partial charge in [-0.05, 0) is 19.3 Å². The van der Waals surface area contributed by atoms with Gasteiger partial charge >= 0.3 is 0 Å². The maximum Gasteiger partial charge on any atom is -0.0353 e. The van der Waals surface area contributed by atoms with Crippen LogP contribution in [-0.4, -0.2) is 0 Å². The molecule has 72 valence electrons. The summed E-state index contributed by atoms with van der Waals surface area (Å²) < 4.78 is 0. The van der Waals surface area contributed by atoms with Gasteiger partial charge in [0.1, 0.15) is 0 Å². The third kappa shape index (κ3) is 22.7. The van der Waals surface area contributed by atoms with Crippen LogP contribution in [0.3, 0.4) is 0 Å². The average Bonchev–Trinajstić information content (AvgIpc) is 2.08. The summed E-state index contributed by atoms with van der Waals surface area (Å²) in [5.41, 5.74) is 0. The van der Waals surface area contributed by atoms with E-state index in [1.165, 1.54) is 32.1 Å². The Morgan fingerprint density at radius 3 is 1.67 bits per heavy atom. The fourth-order valence-electron chi connectivity index (χ4n) is 0.743. The molecule has 0 unspecified atom stereocenters. The second kappa shape index (κ2) is 16.8. The van der Waals surface area contributed by atoms with Crippen LogP contribution in [-0.2, 0) is 0 Å². The van der Waals surface area contributed by atoms with Crippen molar-refractivity contribution < 1.29 is 0 Å². The first-order chi connectivity index (χ1) is 5.83. The van der Waals surface area contributed by atoms with Gasteiger partial charge in [0, 0.05) is 0 Å². The van der Waals surface area contributed by atoms with E-state index in [4.69, 9.17) is 0 Å². The minimum atomic E-state index is 1.15. The summed E-state index contributed by atoms with van der Waals surface area (Å²) in [5, 5.41) is 0. The zero-order valence-corrected chi connectivity index (χ0v) is 8.81. The quantitative estimate of drug-likeness (QED) is 0.397. The van der Waals surface area contributed by atoms with Crippen LogP contribution in [0, 0.1) is 0 Å². The topological polar surface area (TPSA) is 0 Å². The highest BCUT2D eigenvalue weighted by atomic mass is 13.8. The van der Waals surface area contributed by atoms with Crippen molar-refractivity contribution in [3.63, 3.8) is 0 Å². The van der Waals surface area contributed by atoms with Crippen molar-refractivity contribution in [2.24, 2.45) is 0 Å². The first kappa shape index (κ1) is 14.0. The summed E-state index contributed by atoms with van der Waals surface area (Å²) in [5.74, 6) is 0. The third-order valence-electron chi connectivity index (χ3n) is 1.50. The van der Waals surface area contributed by atoms with Gasteiger partial charge in [-0.3, -0.25) is 0 Å². The summed E-state index contributed by atoms with van der Waals surface area (Å²) in [6.07, 6.45) is 11.5. The number of unbranched alkanes of at least 4 members (excludes halogenated alkanes) is 4. The Kier molecular flexibility index (Phi) is 19.7. The van der Waals surface area contributed by atoms with Crippen molar-refractivity contribution in [3.05, 3.63) is 25.3 Å². The zero-order chi connectivity index (χ0) is 9.66. The summed E-state index contributed by atoms with van der Waals surface area (Å²) in [4.78, 5) is 0. The maximum atomic E-state index is 3.63. The van der Waals surface area contributed by atoms with Gasteiger partial charge in [0.25, 0.3) is 0 Å². The summed E-state index contributed by atoms with van der Waals surface area (Å²) in [6.45, 7) is 11.5. The van der Waals surface area contributed by atoms with E-state index >= 15 is 0 Å². The lowest BCUT2D eigenvalue weighted by atomic mass is 10.2. The highest BCUT2D eigenvalue weighted by Crippen LogP contribution is 1.97.